The van der Waals surface area contributed by atoms with E-state index in [9.17, 15) is 4.79 Å². The van der Waals surface area contributed by atoms with Gasteiger partial charge in [-0.15, -0.1) is 0 Å². The van der Waals surface area contributed by atoms with E-state index in [1.165, 1.54) is 12.4 Å². The Morgan fingerprint density at radius 1 is 0.962 bits per heavy atom. The maximum absolute atomic E-state index is 12.4. The number of aromatic nitrogens is 2. The van der Waals surface area contributed by atoms with Crippen molar-refractivity contribution < 1.29 is 4.79 Å². The summed E-state index contributed by atoms with van der Waals surface area (Å²) in [4.78, 5) is 20.9. The number of para-hydroxylation sites is 1. The van der Waals surface area contributed by atoms with Crippen molar-refractivity contribution in [2.24, 2.45) is 0 Å². The molecule has 0 aliphatic heterocycles. The zero-order valence-electron chi connectivity index (χ0n) is 14.8. The number of amides is 1. The molecular weight excluding hydrogens is 348 g/mol. The number of hydrogen-bond donors (Lipinski definition) is 2. The second-order valence-electron chi connectivity index (χ2n) is 6.11. The van der Waals surface area contributed by atoms with Crippen LogP contribution in [0, 0.1) is 20.8 Å². The minimum absolute atomic E-state index is 0.243. The molecule has 1 amide bonds. The number of anilines is 3. The Bertz CT molecular complexity index is 934. The molecule has 0 aliphatic rings. The first-order chi connectivity index (χ1) is 12.4. The molecule has 0 spiro atoms. The summed E-state index contributed by atoms with van der Waals surface area (Å²) in [5, 5.41) is 6.65. The number of benzene rings is 2. The molecule has 6 heteroatoms. The third-order valence-electron chi connectivity index (χ3n) is 4.06. The fraction of sp³-hybridized carbons (Fsp3) is 0.150. The van der Waals surface area contributed by atoms with Crippen LogP contribution in [0.3, 0.4) is 0 Å². The van der Waals surface area contributed by atoms with E-state index in [0.717, 1.165) is 28.1 Å². The molecule has 0 unspecified atom stereocenters. The fourth-order valence-corrected chi connectivity index (χ4v) is 2.69. The summed E-state index contributed by atoms with van der Waals surface area (Å²) in [6.07, 6.45) is 2.99. The van der Waals surface area contributed by atoms with Gasteiger partial charge in [0.15, 0.2) is 0 Å². The minimum atomic E-state index is -0.243. The minimum Gasteiger partial charge on any atom is -0.324 e. The quantitative estimate of drug-likeness (QED) is 0.678. The number of hydrogen-bond acceptors (Lipinski definition) is 4. The van der Waals surface area contributed by atoms with E-state index in [2.05, 4.69) is 20.6 Å². The molecule has 1 heterocycles. The van der Waals surface area contributed by atoms with Crippen molar-refractivity contribution in [3.8, 4) is 0 Å². The number of carbonyl (C=O) groups is 1. The summed E-state index contributed by atoms with van der Waals surface area (Å²) < 4.78 is 0. The molecule has 1 aromatic heterocycles. The van der Waals surface area contributed by atoms with Crippen molar-refractivity contribution in [2.75, 3.05) is 10.6 Å². The largest absolute Gasteiger partial charge is 0.324 e. The van der Waals surface area contributed by atoms with E-state index < -0.39 is 0 Å². The molecule has 2 aromatic carbocycles. The molecular formula is C20H19ClN4O. The van der Waals surface area contributed by atoms with Crippen LogP contribution in [0.25, 0.3) is 0 Å². The summed E-state index contributed by atoms with van der Waals surface area (Å²) >= 11 is 6.12. The predicted molar refractivity (Wildman–Crippen MR) is 105 cm³/mol. The van der Waals surface area contributed by atoms with Crippen LogP contribution < -0.4 is 10.6 Å². The van der Waals surface area contributed by atoms with Gasteiger partial charge in [0.1, 0.15) is 0 Å². The Hall–Kier alpha value is -2.92. The molecule has 0 bridgehead atoms. The Morgan fingerprint density at radius 2 is 1.62 bits per heavy atom. The highest BCUT2D eigenvalue weighted by molar-refractivity contribution is 6.31. The summed E-state index contributed by atoms with van der Waals surface area (Å²) in [6.45, 7) is 5.85. The van der Waals surface area contributed by atoms with Gasteiger partial charge in [0, 0.05) is 28.8 Å². The van der Waals surface area contributed by atoms with Crippen LogP contribution in [0.5, 0.6) is 0 Å². The third kappa shape index (κ3) is 4.00. The van der Waals surface area contributed by atoms with Crippen molar-refractivity contribution in [1.82, 2.24) is 9.97 Å². The maximum atomic E-state index is 12.4. The molecule has 26 heavy (non-hydrogen) atoms. The van der Waals surface area contributed by atoms with Crippen molar-refractivity contribution in [3.63, 3.8) is 0 Å². The van der Waals surface area contributed by atoms with E-state index in [1.54, 1.807) is 0 Å². The molecule has 0 saturated heterocycles. The van der Waals surface area contributed by atoms with Gasteiger partial charge >= 0.3 is 0 Å². The number of rotatable bonds is 4. The average Bonchev–Trinajstić information content (AvgIpc) is 2.62. The van der Waals surface area contributed by atoms with Gasteiger partial charge in [-0.05, 0) is 49.6 Å². The predicted octanol–water partition coefficient (Wildman–Crippen LogP) is 5.05. The average molecular weight is 367 g/mol. The van der Waals surface area contributed by atoms with Crippen molar-refractivity contribution in [3.05, 3.63) is 76.1 Å². The van der Waals surface area contributed by atoms with Gasteiger partial charge in [0.25, 0.3) is 5.91 Å². The van der Waals surface area contributed by atoms with E-state index in [0.29, 0.717) is 16.5 Å². The topological polar surface area (TPSA) is 66.9 Å². The van der Waals surface area contributed by atoms with E-state index in [1.807, 2.05) is 57.2 Å². The summed E-state index contributed by atoms with van der Waals surface area (Å²) in [6, 6.07) is 11.5. The van der Waals surface area contributed by atoms with Gasteiger partial charge in [-0.25, -0.2) is 9.97 Å². The van der Waals surface area contributed by atoms with Gasteiger partial charge in [-0.1, -0.05) is 35.9 Å². The Balaban J connectivity index is 1.72. The first kappa shape index (κ1) is 17.9. The molecule has 3 rings (SSSR count). The Kier molecular flexibility index (Phi) is 5.19. The molecule has 132 valence electrons. The first-order valence-electron chi connectivity index (χ1n) is 8.17. The number of halogens is 1. The van der Waals surface area contributed by atoms with Crippen LogP contribution in [0.4, 0.5) is 17.3 Å². The Morgan fingerprint density at radius 3 is 2.23 bits per heavy atom. The second kappa shape index (κ2) is 7.54. The van der Waals surface area contributed by atoms with Crippen molar-refractivity contribution in [2.45, 2.75) is 20.8 Å². The lowest BCUT2D eigenvalue weighted by Crippen LogP contribution is -2.14. The zero-order chi connectivity index (χ0) is 18.7. The van der Waals surface area contributed by atoms with E-state index in [4.69, 9.17) is 11.6 Å². The summed E-state index contributed by atoms with van der Waals surface area (Å²) in [7, 11) is 0. The van der Waals surface area contributed by atoms with Crippen LogP contribution in [0.1, 0.15) is 27.0 Å². The lowest BCUT2D eigenvalue weighted by molar-refractivity contribution is 0.102. The van der Waals surface area contributed by atoms with Gasteiger partial charge in [0.05, 0.1) is 5.56 Å². The van der Waals surface area contributed by atoms with Crippen LogP contribution in [-0.2, 0) is 0 Å². The smallest absolute Gasteiger partial charge is 0.258 e. The monoisotopic (exact) mass is 366 g/mol. The van der Waals surface area contributed by atoms with Crippen LogP contribution in [0.15, 0.2) is 48.8 Å². The maximum Gasteiger partial charge on any atom is 0.258 e. The van der Waals surface area contributed by atoms with Crippen LogP contribution >= 0.6 is 11.6 Å². The Labute approximate surface area is 157 Å². The SMILES string of the molecule is Cc1ccc(Nc2ncc(C(=O)Nc3c(C)cccc3C)cn2)cc1Cl. The molecule has 0 aliphatic carbocycles. The van der Waals surface area contributed by atoms with Crippen molar-refractivity contribution in [1.29, 1.82) is 0 Å². The van der Waals surface area contributed by atoms with Gasteiger partial charge in [-0.2, -0.15) is 0 Å². The molecule has 0 radical (unpaired) electrons. The van der Waals surface area contributed by atoms with Gasteiger partial charge < -0.3 is 10.6 Å². The number of carbonyl (C=O) groups excluding carboxylic acids is 1. The van der Waals surface area contributed by atoms with E-state index >= 15 is 0 Å². The number of aryl methyl sites for hydroxylation is 3. The highest BCUT2D eigenvalue weighted by Gasteiger charge is 2.11. The highest BCUT2D eigenvalue weighted by atomic mass is 35.5. The van der Waals surface area contributed by atoms with Crippen LogP contribution in [0.2, 0.25) is 5.02 Å². The molecule has 0 fully saturated rings. The first-order valence-corrected chi connectivity index (χ1v) is 8.54. The molecule has 5 nitrogen and oxygen atoms in total. The number of nitrogens with zero attached hydrogens (tertiary/aromatic N) is 2. The molecule has 0 saturated carbocycles. The summed E-state index contributed by atoms with van der Waals surface area (Å²) in [5.41, 5.74) is 5.00. The lowest BCUT2D eigenvalue weighted by atomic mass is 10.1. The third-order valence-corrected chi connectivity index (χ3v) is 4.47. The summed E-state index contributed by atoms with van der Waals surface area (Å²) in [5.74, 6) is 0.154. The second-order valence-corrected chi connectivity index (χ2v) is 6.51. The molecule has 2 N–H and O–H groups in total. The van der Waals surface area contributed by atoms with Gasteiger partial charge in [-0.3, -0.25) is 4.79 Å². The molecule has 0 atom stereocenters. The highest BCUT2D eigenvalue weighted by Crippen LogP contribution is 2.22. The zero-order valence-corrected chi connectivity index (χ0v) is 15.6. The lowest BCUT2D eigenvalue weighted by Gasteiger charge is -2.11. The normalized spacial score (nSPS) is 10.5. The standard InChI is InChI=1S/C20H19ClN4O/c1-12-7-8-16(9-17(12)21)24-20-22-10-15(11-23-20)19(26)25-18-13(2)5-4-6-14(18)3/h4-11H,1-3H3,(H,25,26)(H,22,23,24). The molecule has 3 aromatic rings. The van der Waals surface area contributed by atoms with Crippen LogP contribution in [-0.4, -0.2) is 15.9 Å². The van der Waals surface area contributed by atoms with Gasteiger partial charge in [0.2, 0.25) is 5.95 Å². The fourth-order valence-electron chi connectivity index (χ4n) is 2.51. The number of nitrogens with one attached hydrogen (secondary N) is 2. The van der Waals surface area contributed by atoms with E-state index in [-0.39, 0.29) is 5.91 Å². The van der Waals surface area contributed by atoms with Crippen molar-refractivity contribution >= 4 is 34.8 Å².